The minimum atomic E-state index is 0.297. The van der Waals surface area contributed by atoms with Crippen molar-refractivity contribution in [1.82, 2.24) is 0 Å². The van der Waals surface area contributed by atoms with Crippen molar-refractivity contribution >= 4 is 89.1 Å². The van der Waals surface area contributed by atoms with Crippen LogP contribution in [-0.4, -0.2) is 12.1 Å². The molecule has 0 bridgehead atoms. The maximum atomic E-state index is 4.10. The summed E-state index contributed by atoms with van der Waals surface area (Å²) in [4.78, 5) is 5.01. The maximum absolute atomic E-state index is 4.10. The monoisotopic (exact) mass is 714 g/mol. The number of benzene rings is 4. The summed E-state index contributed by atoms with van der Waals surface area (Å²) >= 11 is 8.20. The van der Waals surface area contributed by atoms with E-state index in [1.807, 2.05) is 0 Å². The van der Waals surface area contributed by atoms with Gasteiger partial charge in [-0.1, -0.05) is 36.4 Å². The molecule has 0 N–H and O–H groups in total. The number of hydrogen-bond acceptors (Lipinski definition) is 2. The van der Waals surface area contributed by atoms with Crippen LogP contribution in [0.4, 0.5) is 22.7 Å². The highest BCUT2D eigenvalue weighted by Gasteiger charge is 2.32. The van der Waals surface area contributed by atoms with Gasteiger partial charge in [-0.25, -0.2) is 0 Å². The molecule has 4 aromatic carbocycles. The second-order valence-electron chi connectivity index (χ2n) is 13.0. The number of allylic oxidation sites excluding steroid dienone is 2. The molecule has 0 aromatic heterocycles. The van der Waals surface area contributed by atoms with Crippen LogP contribution in [-0.2, 0) is 0 Å². The van der Waals surface area contributed by atoms with E-state index in [0.717, 1.165) is 6.42 Å². The van der Waals surface area contributed by atoms with Gasteiger partial charge >= 0.3 is 0 Å². The molecule has 2 nitrogen and oxygen atoms in total. The van der Waals surface area contributed by atoms with E-state index in [4.69, 9.17) is 0 Å². The van der Waals surface area contributed by atoms with E-state index in [1.165, 1.54) is 97.1 Å². The molecule has 4 aromatic rings. The standard InChI is InChI=1S/C41H36Br2N2/c1-22-17-34-32(20-36-38(40(34)42)24(3)26(5)44(36)28-13-9-7-10-14-28)30(22)19-31-23(2)18-35-33(31)21-37-39(41(35)43)25(4)27(6)45(37)29-15-11-8-12-16-29/h7-18,20-21,26-27H,19H2,1-6H3. The van der Waals surface area contributed by atoms with Gasteiger partial charge in [-0.3, -0.25) is 0 Å². The Bertz CT molecular complexity index is 2110. The third-order valence-corrected chi connectivity index (χ3v) is 12.3. The number of nitrogens with zero attached hydrogens (tertiary/aromatic N) is 2. The van der Waals surface area contributed by atoms with Gasteiger partial charge in [-0.05, 0) is 183 Å². The van der Waals surface area contributed by atoms with Crippen molar-refractivity contribution in [1.29, 1.82) is 0 Å². The molecule has 0 spiro atoms. The van der Waals surface area contributed by atoms with Crippen molar-refractivity contribution in [2.75, 3.05) is 9.80 Å². The lowest BCUT2D eigenvalue weighted by Crippen LogP contribution is -2.26. The Labute approximate surface area is 282 Å². The fourth-order valence-corrected chi connectivity index (χ4v) is 9.71. The third-order valence-electron chi connectivity index (χ3n) is 10.6. The average molecular weight is 717 g/mol. The molecule has 2 aliphatic carbocycles. The first-order chi connectivity index (χ1) is 21.7. The molecule has 0 amide bonds. The minimum absolute atomic E-state index is 0.297. The van der Waals surface area contributed by atoms with Crippen LogP contribution in [0.2, 0.25) is 0 Å². The van der Waals surface area contributed by atoms with Crippen LogP contribution in [0, 0.1) is 0 Å². The summed E-state index contributed by atoms with van der Waals surface area (Å²) in [5.41, 5.74) is 16.0. The van der Waals surface area contributed by atoms with Crippen molar-refractivity contribution in [3.63, 3.8) is 0 Å². The number of rotatable bonds is 4. The molecular weight excluding hydrogens is 680 g/mol. The number of fused-ring (bicyclic) bond motifs is 4. The lowest BCUT2D eigenvalue weighted by Gasteiger charge is -2.27. The molecule has 0 fully saturated rings. The molecule has 224 valence electrons. The van der Waals surface area contributed by atoms with E-state index in [-0.39, 0.29) is 0 Å². The Kier molecular flexibility index (Phi) is 6.71. The van der Waals surface area contributed by atoms with Crippen LogP contribution in [0.1, 0.15) is 59.1 Å². The van der Waals surface area contributed by atoms with Crippen molar-refractivity contribution < 1.29 is 0 Å². The summed E-state index contributed by atoms with van der Waals surface area (Å²) in [5.74, 6) is 0. The zero-order valence-corrected chi connectivity index (χ0v) is 29.8. The number of hydrogen-bond donors (Lipinski definition) is 0. The smallest absolute Gasteiger partial charge is 0.0530 e. The fourth-order valence-electron chi connectivity index (χ4n) is 8.02. The molecule has 0 radical (unpaired) electrons. The van der Waals surface area contributed by atoms with E-state index < -0.39 is 0 Å². The Morgan fingerprint density at radius 1 is 0.578 bits per heavy atom. The molecule has 2 unspecified atom stereocenters. The molecule has 2 aliphatic heterocycles. The summed E-state index contributed by atoms with van der Waals surface area (Å²) in [7, 11) is 0. The van der Waals surface area contributed by atoms with Crippen LogP contribution in [0.25, 0.3) is 34.4 Å². The number of para-hydroxylation sites is 2. The van der Waals surface area contributed by atoms with Crippen molar-refractivity contribution in [3.8, 4) is 0 Å². The molecule has 4 aliphatic rings. The van der Waals surface area contributed by atoms with Gasteiger partial charge < -0.3 is 9.80 Å². The molecular formula is C41H36Br2N2. The van der Waals surface area contributed by atoms with Crippen molar-refractivity contribution in [2.24, 2.45) is 0 Å². The highest BCUT2D eigenvalue weighted by atomic mass is 79.9. The van der Waals surface area contributed by atoms with Gasteiger partial charge in [0.25, 0.3) is 0 Å². The van der Waals surface area contributed by atoms with Crippen molar-refractivity contribution in [2.45, 2.75) is 60.0 Å². The first-order valence-electron chi connectivity index (χ1n) is 15.9. The van der Waals surface area contributed by atoms with E-state index in [2.05, 4.69) is 168 Å². The van der Waals surface area contributed by atoms with Crippen LogP contribution < -0.4 is 30.7 Å². The van der Waals surface area contributed by atoms with Gasteiger partial charge in [-0.15, -0.1) is 0 Å². The normalized spacial score (nSPS) is 19.6. The van der Waals surface area contributed by atoms with Gasteiger partial charge in [0, 0.05) is 30.8 Å². The number of anilines is 4. The molecule has 8 rings (SSSR count). The third kappa shape index (κ3) is 4.11. The molecule has 2 atom stereocenters. The quantitative estimate of drug-likeness (QED) is 0.208. The average Bonchev–Trinajstić information content (AvgIpc) is 3.69. The maximum Gasteiger partial charge on any atom is 0.0530 e. The van der Waals surface area contributed by atoms with Gasteiger partial charge in [0.05, 0.1) is 23.5 Å². The van der Waals surface area contributed by atoms with Gasteiger partial charge in [0.15, 0.2) is 0 Å². The molecule has 4 heteroatoms. The van der Waals surface area contributed by atoms with E-state index in [1.54, 1.807) is 0 Å². The topological polar surface area (TPSA) is 6.48 Å². The molecule has 2 heterocycles. The SMILES string of the molecule is CC1=Cc2c(Br)c3c(cc2=C1CC1=c2cc4c(c(Br)c2C=C1C)=C(C)C(C)N4c1ccccc1)N(c1ccccc1)C(C)C=3C. The second-order valence-corrected chi connectivity index (χ2v) is 14.6. The Hall–Kier alpha value is -3.60. The molecule has 0 saturated heterocycles. The Balaban J connectivity index is 1.34. The zero-order chi connectivity index (χ0) is 31.3. The van der Waals surface area contributed by atoms with Gasteiger partial charge in [-0.2, -0.15) is 0 Å². The predicted molar refractivity (Wildman–Crippen MR) is 200 cm³/mol. The largest absolute Gasteiger partial charge is 0.334 e. The van der Waals surface area contributed by atoms with Gasteiger partial charge in [0.2, 0.25) is 0 Å². The fraction of sp³-hybridized carbons (Fsp3) is 0.220. The molecule has 45 heavy (non-hydrogen) atoms. The van der Waals surface area contributed by atoms with Gasteiger partial charge in [0.1, 0.15) is 0 Å². The van der Waals surface area contributed by atoms with E-state index in [0.29, 0.717) is 12.1 Å². The van der Waals surface area contributed by atoms with Crippen LogP contribution in [0.15, 0.2) is 92.9 Å². The van der Waals surface area contributed by atoms with Crippen molar-refractivity contribution in [3.05, 3.63) is 125 Å². The first-order valence-corrected chi connectivity index (χ1v) is 17.4. The summed E-state index contributed by atoms with van der Waals surface area (Å²) < 4.78 is 2.44. The first kappa shape index (κ1) is 28.8. The summed E-state index contributed by atoms with van der Waals surface area (Å²) in [6.07, 6.45) is 5.68. The summed E-state index contributed by atoms with van der Waals surface area (Å²) in [6, 6.07) is 27.2. The second kappa shape index (κ2) is 10.5. The highest BCUT2D eigenvalue weighted by Crippen LogP contribution is 2.40. The van der Waals surface area contributed by atoms with E-state index >= 15 is 0 Å². The zero-order valence-electron chi connectivity index (χ0n) is 26.6. The minimum Gasteiger partial charge on any atom is -0.334 e. The van der Waals surface area contributed by atoms with Crippen LogP contribution in [0.5, 0.6) is 0 Å². The number of halogens is 2. The molecule has 0 saturated carbocycles. The van der Waals surface area contributed by atoms with Crippen LogP contribution in [0.3, 0.4) is 0 Å². The Morgan fingerprint density at radius 3 is 1.33 bits per heavy atom. The highest BCUT2D eigenvalue weighted by molar-refractivity contribution is 9.10. The summed E-state index contributed by atoms with van der Waals surface area (Å²) in [6.45, 7) is 13.8. The van der Waals surface area contributed by atoms with E-state index in [9.17, 15) is 0 Å². The summed E-state index contributed by atoms with van der Waals surface area (Å²) in [5, 5.41) is 5.37. The van der Waals surface area contributed by atoms with Crippen LogP contribution >= 0.6 is 31.9 Å². The lowest BCUT2D eigenvalue weighted by molar-refractivity contribution is 0.899. The Morgan fingerprint density at radius 2 is 0.956 bits per heavy atom. The predicted octanol–water partition coefficient (Wildman–Crippen LogP) is 8.86. The lowest BCUT2D eigenvalue weighted by atomic mass is 9.95.